The third-order valence-electron chi connectivity index (χ3n) is 12.2. The first kappa shape index (κ1) is 40.1. The highest BCUT2D eigenvalue weighted by molar-refractivity contribution is 6.11. The van der Waals surface area contributed by atoms with E-state index in [0.717, 1.165) is 105 Å². The van der Waals surface area contributed by atoms with Crippen molar-refractivity contribution in [3.8, 4) is 0 Å². The number of nitrogens with one attached hydrogen (secondary N) is 3. The van der Waals surface area contributed by atoms with Crippen LogP contribution >= 0.6 is 0 Å². The Hall–Kier alpha value is -8.71. The van der Waals surface area contributed by atoms with Gasteiger partial charge in [-0.1, -0.05) is 54.6 Å². The van der Waals surface area contributed by atoms with Gasteiger partial charge in [0.15, 0.2) is 5.82 Å². The van der Waals surface area contributed by atoms with Crippen LogP contribution in [0.15, 0.2) is 146 Å². The molecule has 13 heteroatoms. The van der Waals surface area contributed by atoms with E-state index in [9.17, 15) is 0 Å². The Balaban J connectivity index is 1.25. The smallest absolute Gasteiger partial charge is 0.154 e. The summed E-state index contributed by atoms with van der Waals surface area (Å²) in [6.45, 7) is 8.85. The molecule has 66 heavy (non-hydrogen) atoms. The van der Waals surface area contributed by atoms with E-state index in [2.05, 4.69) is 182 Å². The zero-order valence-corrected chi connectivity index (χ0v) is 37.2. The van der Waals surface area contributed by atoms with Crippen LogP contribution in [0.1, 0.15) is 22.6 Å². The minimum Gasteiger partial charge on any atom is -0.395 e. The molecule has 0 atom stereocenters. The Morgan fingerprint density at radius 2 is 1.56 bits per heavy atom. The molecule has 1 aliphatic heterocycles. The van der Waals surface area contributed by atoms with Crippen LogP contribution in [0.3, 0.4) is 0 Å². The number of fused-ring (bicyclic) bond motifs is 5. The highest BCUT2D eigenvalue weighted by atomic mass is 16.0. The lowest BCUT2D eigenvalue weighted by Crippen LogP contribution is -2.60. The average molecular weight is 866 g/mol. The summed E-state index contributed by atoms with van der Waals surface area (Å²) in [6.07, 6.45) is 11.1. The van der Waals surface area contributed by atoms with Gasteiger partial charge in [-0.3, -0.25) is 15.4 Å². The van der Waals surface area contributed by atoms with Gasteiger partial charge in [-0.2, -0.15) is 10.2 Å². The summed E-state index contributed by atoms with van der Waals surface area (Å²) in [7, 11) is 2.09. The van der Waals surface area contributed by atoms with Crippen LogP contribution in [0.25, 0.3) is 55.2 Å². The second kappa shape index (κ2) is 16.1. The topological polar surface area (TPSA) is 143 Å². The summed E-state index contributed by atoms with van der Waals surface area (Å²) in [4.78, 5) is 29.6. The molecule has 0 radical (unpaired) electrons. The van der Waals surface area contributed by atoms with Crippen molar-refractivity contribution in [3.63, 3.8) is 0 Å². The van der Waals surface area contributed by atoms with Gasteiger partial charge in [-0.25, -0.2) is 20.0 Å². The SMILES string of the molecule is Cc1ccc2c(N(c3cccc4c(C)nc(Nc5ccc6[nH]c(C)cc6c5)c(N)c34)N(c3cccc4cnccc34)N(NC3=c4ccccc4=CN(C)C3)c3cncnc3)c(C)ccc2n1. The van der Waals surface area contributed by atoms with Gasteiger partial charge in [0, 0.05) is 91.5 Å². The van der Waals surface area contributed by atoms with E-state index in [1.807, 2.05) is 49.8 Å². The first-order valence-electron chi connectivity index (χ1n) is 21.9. The van der Waals surface area contributed by atoms with E-state index >= 15 is 0 Å². The third kappa shape index (κ3) is 7.03. The third-order valence-corrected chi connectivity index (χ3v) is 12.2. The number of hydrazine groups is 3. The predicted molar refractivity (Wildman–Crippen MR) is 269 cm³/mol. The van der Waals surface area contributed by atoms with Crippen molar-refractivity contribution in [1.82, 2.24) is 40.2 Å². The molecule has 5 aromatic carbocycles. The minimum absolute atomic E-state index is 0.491. The van der Waals surface area contributed by atoms with Crippen LogP contribution in [-0.4, -0.2) is 48.4 Å². The van der Waals surface area contributed by atoms with Gasteiger partial charge in [0.1, 0.15) is 12.0 Å². The van der Waals surface area contributed by atoms with Crippen molar-refractivity contribution in [2.24, 2.45) is 0 Å². The summed E-state index contributed by atoms with van der Waals surface area (Å²) in [5.41, 5.74) is 22.7. The number of pyridine rings is 3. The molecular weight excluding hydrogens is 819 g/mol. The molecule has 6 heterocycles. The first-order valence-corrected chi connectivity index (χ1v) is 21.9. The van der Waals surface area contributed by atoms with Crippen LogP contribution in [0.2, 0.25) is 0 Å². The molecule has 10 aromatic rings. The van der Waals surface area contributed by atoms with Gasteiger partial charge in [-0.05, 0) is 99.1 Å². The summed E-state index contributed by atoms with van der Waals surface area (Å²) in [5.74, 6) is 0.550. The van der Waals surface area contributed by atoms with Crippen molar-refractivity contribution in [2.75, 3.05) is 39.9 Å². The number of nitrogens with two attached hydrogens (primary N) is 1. The highest BCUT2D eigenvalue weighted by Gasteiger charge is 2.33. The Morgan fingerprint density at radius 3 is 2.44 bits per heavy atom. The van der Waals surface area contributed by atoms with E-state index in [0.29, 0.717) is 23.7 Å². The second-order valence-electron chi connectivity index (χ2n) is 16.9. The maximum Gasteiger partial charge on any atom is 0.154 e. The number of hydrogen-bond donors (Lipinski definition) is 4. The molecular formula is C53H47N13. The zero-order chi connectivity index (χ0) is 45.1. The molecule has 0 saturated carbocycles. The maximum atomic E-state index is 7.51. The Labute approximate surface area is 381 Å². The van der Waals surface area contributed by atoms with Gasteiger partial charge < -0.3 is 20.9 Å². The van der Waals surface area contributed by atoms with E-state index in [-0.39, 0.29) is 0 Å². The van der Waals surface area contributed by atoms with Crippen molar-refractivity contribution in [1.29, 1.82) is 0 Å². The molecule has 13 nitrogen and oxygen atoms in total. The van der Waals surface area contributed by atoms with E-state index in [1.165, 1.54) is 0 Å². The minimum atomic E-state index is 0.491. The molecule has 11 rings (SSSR count). The number of anilines is 7. The fraction of sp³-hybridized carbons (Fsp3) is 0.113. The summed E-state index contributed by atoms with van der Waals surface area (Å²) < 4.78 is 0. The van der Waals surface area contributed by atoms with Crippen LogP contribution in [-0.2, 0) is 0 Å². The number of rotatable bonds is 10. The number of nitrogen functional groups attached to an aromatic ring is 1. The van der Waals surface area contributed by atoms with Gasteiger partial charge in [0.25, 0.3) is 0 Å². The molecule has 1 aliphatic rings. The van der Waals surface area contributed by atoms with Crippen molar-refractivity contribution >= 4 is 95.2 Å². The molecule has 0 unspecified atom stereocenters. The Bertz CT molecular complexity index is 3640. The molecule has 0 bridgehead atoms. The van der Waals surface area contributed by atoms with Crippen LogP contribution in [0.4, 0.5) is 39.9 Å². The van der Waals surface area contributed by atoms with E-state index < -0.39 is 0 Å². The summed E-state index contributed by atoms with van der Waals surface area (Å²) in [5, 5.41) is 17.9. The number of benzene rings is 5. The van der Waals surface area contributed by atoms with E-state index in [4.69, 9.17) is 15.7 Å². The monoisotopic (exact) mass is 865 g/mol. The van der Waals surface area contributed by atoms with Crippen LogP contribution in [0.5, 0.6) is 0 Å². The van der Waals surface area contributed by atoms with Crippen LogP contribution in [0, 0.1) is 27.7 Å². The molecule has 0 saturated heterocycles. The second-order valence-corrected chi connectivity index (χ2v) is 16.9. The standard InChI is InChI=1S/C53H47N13/c1-32-16-20-46-44(19-17-33(2)58-46)52(32)64(49-15-9-13-41-35(4)60-53(51(54)50(41)49)61-39-18-21-45-38(25-39)24-34(3)59-45)66(48-14-8-11-36-26-55-23-22-43(36)48)65(40-27-56-31-57-28-40)62-47-30-63(5)29-37-10-6-7-12-42(37)47/h6-29,31,59,62H,30,54H2,1-5H3,(H,60,61). The van der Waals surface area contributed by atoms with E-state index in [1.54, 1.807) is 6.33 Å². The van der Waals surface area contributed by atoms with Crippen molar-refractivity contribution < 1.29 is 0 Å². The number of aromatic amines is 1. The number of nitrogens with zero attached hydrogens (tertiary/aromatic N) is 9. The van der Waals surface area contributed by atoms with Crippen LogP contribution < -0.4 is 42.2 Å². The van der Waals surface area contributed by atoms with Gasteiger partial charge in [-0.15, -0.1) is 0 Å². The molecule has 0 fully saturated rings. The molecule has 5 aromatic heterocycles. The lowest BCUT2D eigenvalue weighted by molar-refractivity contribution is 0.534. The quantitative estimate of drug-likeness (QED) is 0.0974. The average Bonchev–Trinajstić information content (AvgIpc) is 3.71. The first-order chi connectivity index (χ1) is 32.2. The highest BCUT2D eigenvalue weighted by Crippen LogP contribution is 2.46. The molecule has 0 amide bonds. The van der Waals surface area contributed by atoms with Gasteiger partial charge in [0.05, 0.1) is 52.9 Å². The fourth-order valence-corrected chi connectivity index (χ4v) is 9.23. The summed E-state index contributed by atoms with van der Waals surface area (Å²) >= 11 is 0. The Morgan fingerprint density at radius 1 is 0.727 bits per heavy atom. The number of aryl methyl sites for hydroxylation is 4. The van der Waals surface area contributed by atoms with Crippen molar-refractivity contribution in [2.45, 2.75) is 27.7 Å². The lowest BCUT2D eigenvalue weighted by atomic mass is 10.0. The molecule has 0 aliphatic carbocycles. The number of aromatic nitrogens is 6. The normalized spacial score (nSPS) is 12.4. The fourth-order valence-electron chi connectivity index (χ4n) is 9.23. The number of H-pyrrole nitrogens is 1. The van der Waals surface area contributed by atoms with Gasteiger partial charge >= 0.3 is 0 Å². The summed E-state index contributed by atoms with van der Waals surface area (Å²) in [6, 6.07) is 39.9. The van der Waals surface area contributed by atoms with Gasteiger partial charge in [0.2, 0.25) is 0 Å². The lowest BCUT2D eigenvalue weighted by Gasteiger charge is -2.47. The maximum absolute atomic E-state index is 7.51. The predicted octanol–water partition coefficient (Wildman–Crippen LogP) is 9.14. The zero-order valence-electron chi connectivity index (χ0n) is 37.2. The van der Waals surface area contributed by atoms with Crippen molar-refractivity contribution in [3.05, 3.63) is 179 Å². The number of likely N-dealkylation sites (N-methyl/N-ethyl adjacent to an activating group) is 1. The Kier molecular flexibility index (Phi) is 9.80. The number of hydrogen-bond acceptors (Lipinski definition) is 12. The largest absolute Gasteiger partial charge is 0.395 e. The molecule has 5 N–H and O–H groups in total. The molecule has 0 spiro atoms. The molecule has 324 valence electrons.